The SMILES string of the molecule is COCc1ccc(C2(c3cccc(COC)c3)NS(=O)(=O)c3ccccc32)cc1. The number of benzene rings is 3. The van der Waals surface area contributed by atoms with Gasteiger partial charge in [-0.2, -0.15) is 4.72 Å². The molecule has 29 heavy (non-hydrogen) atoms. The van der Waals surface area contributed by atoms with Gasteiger partial charge in [0.2, 0.25) is 10.0 Å². The molecular formula is C23H23NO4S. The Morgan fingerprint density at radius 3 is 2.21 bits per heavy atom. The Balaban J connectivity index is 1.98. The van der Waals surface area contributed by atoms with E-state index in [0.717, 1.165) is 22.3 Å². The maximum atomic E-state index is 13.0. The average Bonchev–Trinajstić information content (AvgIpc) is 2.98. The number of fused-ring (bicyclic) bond motifs is 1. The molecule has 4 rings (SSSR count). The van der Waals surface area contributed by atoms with Gasteiger partial charge in [0, 0.05) is 19.8 Å². The van der Waals surface area contributed by atoms with Gasteiger partial charge in [-0.05, 0) is 28.3 Å². The molecule has 1 atom stereocenters. The van der Waals surface area contributed by atoms with Gasteiger partial charge in [-0.1, -0.05) is 66.7 Å². The van der Waals surface area contributed by atoms with Gasteiger partial charge in [-0.25, -0.2) is 8.42 Å². The van der Waals surface area contributed by atoms with Gasteiger partial charge in [0.25, 0.3) is 0 Å². The van der Waals surface area contributed by atoms with E-state index in [4.69, 9.17) is 9.47 Å². The van der Waals surface area contributed by atoms with Crippen molar-refractivity contribution in [2.24, 2.45) is 0 Å². The molecule has 0 aliphatic carbocycles. The van der Waals surface area contributed by atoms with Crippen LogP contribution in [0, 0.1) is 0 Å². The van der Waals surface area contributed by atoms with Crippen LogP contribution in [-0.4, -0.2) is 22.6 Å². The standard InChI is InChI=1S/C23H23NO4S/c1-27-15-17-10-12-19(13-11-17)23(20-7-5-6-18(14-20)16-28-2)21-8-3-4-9-22(21)29(25,26)24-23/h3-14,24H,15-16H2,1-2H3. The first-order chi connectivity index (χ1) is 14.0. The van der Waals surface area contributed by atoms with Gasteiger partial charge >= 0.3 is 0 Å². The molecule has 150 valence electrons. The van der Waals surface area contributed by atoms with Crippen LogP contribution in [0.5, 0.6) is 0 Å². The van der Waals surface area contributed by atoms with E-state index in [0.29, 0.717) is 23.7 Å². The Bertz CT molecular complexity index is 1130. The molecule has 0 radical (unpaired) electrons. The summed E-state index contributed by atoms with van der Waals surface area (Å²) in [5.41, 5.74) is 3.40. The fraction of sp³-hybridized carbons (Fsp3) is 0.217. The van der Waals surface area contributed by atoms with E-state index in [1.54, 1.807) is 26.4 Å². The highest BCUT2D eigenvalue weighted by Gasteiger charge is 2.49. The summed E-state index contributed by atoms with van der Waals surface area (Å²) in [6, 6.07) is 22.8. The maximum absolute atomic E-state index is 13.0. The molecule has 0 fully saturated rings. The molecule has 5 nitrogen and oxygen atoms in total. The molecule has 3 aromatic rings. The predicted molar refractivity (Wildman–Crippen MR) is 111 cm³/mol. The number of ether oxygens (including phenoxy) is 2. The third kappa shape index (κ3) is 3.38. The second-order valence-electron chi connectivity index (χ2n) is 7.11. The molecule has 0 saturated carbocycles. The number of nitrogens with one attached hydrogen (secondary N) is 1. The topological polar surface area (TPSA) is 64.6 Å². The molecule has 0 amide bonds. The van der Waals surface area contributed by atoms with Crippen molar-refractivity contribution < 1.29 is 17.9 Å². The van der Waals surface area contributed by atoms with E-state index >= 15 is 0 Å². The molecule has 1 heterocycles. The highest BCUT2D eigenvalue weighted by molar-refractivity contribution is 7.90. The van der Waals surface area contributed by atoms with E-state index in [1.807, 2.05) is 60.7 Å². The molecule has 0 spiro atoms. The minimum absolute atomic E-state index is 0.304. The molecule has 0 aromatic heterocycles. The van der Waals surface area contributed by atoms with Crippen LogP contribution in [0.25, 0.3) is 0 Å². The summed E-state index contributed by atoms with van der Waals surface area (Å²) in [4.78, 5) is 0.304. The van der Waals surface area contributed by atoms with Crippen LogP contribution < -0.4 is 4.72 Å². The van der Waals surface area contributed by atoms with Gasteiger partial charge in [0.1, 0.15) is 5.54 Å². The fourth-order valence-electron chi connectivity index (χ4n) is 4.00. The number of rotatable bonds is 6. The van der Waals surface area contributed by atoms with Crippen molar-refractivity contribution >= 4 is 10.0 Å². The first kappa shape index (κ1) is 19.8. The lowest BCUT2D eigenvalue weighted by Gasteiger charge is -2.31. The van der Waals surface area contributed by atoms with Crippen molar-refractivity contribution in [3.8, 4) is 0 Å². The fourth-order valence-corrected chi connectivity index (χ4v) is 5.62. The van der Waals surface area contributed by atoms with Crippen LogP contribution in [0.3, 0.4) is 0 Å². The highest BCUT2D eigenvalue weighted by atomic mass is 32.2. The monoisotopic (exact) mass is 409 g/mol. The summed E-state index contributed by atoms with van der Waals surface area (Å²) in [7, 11) is -0.367. The quantitative estimate of drug-likeness (QED) is 0.676. The molecule has 1 aliphatic rings. The number of hydrogen-bond acceptors (Lipinski definition) is 4. The first-order valence-corrected chi connectivity index (χ1v) is 10.8. The molecule has 3 aromatic carbocycles. The Morgan fingerprint density at radius 2 is 1.48 bits per heavy atom. The van der Waals surface area contributed by atoms with Crippen LogP contribution in [0.2, 0.25) is 0 Å². The van der Waals surface area contributed by atoms with Gasteiger partial charge in [0.15, 0.2) is 0 Å². The molecule has 1 N–H and O–H groups in total. The lowest BCUT2D eigenvalue weighted by molar-refractivity contribution is 0.184. The smallest absolute Gasteiger partial charge is 0.242 e. The van der Waals surface area contributed by atoms with E-state index < -0.39 is 15.6 Å². The van der Waals surface area contributed by atoms with Crippen molar-refractivity contribution in [3.63, 3.8) is 0 Å². The zero-order valence-electron chi connectivity index (χ0n) is 16.4. The van der Waals surface area contributed by atoms with Gasteiger partial charge in [0.05, 0.1) is 18.1 Å². The van der Waals surface area contributed by atoms with Gasteiger partial charge in [-0.15, -0.1) is 0 Å². The minimum Gasteiger partial charge on any atom is -0.380 e. The maximum Gasteiger partial charge on any atom is 0.242 e. The van der Waals surface area contributed by atoms with Crippen molar-refractivity contribution in [1.82, 2.24) is 4.72 Å². The van der Waals surface area contributed by atoms with E-state index in [9.17, 15) is 8.42 Å². The van der Waals surface area contributed by atoms with Crippen molar-refractivity contribution in [2.75, 3.05) is 14.2 Å². The third-order valence-corrected chi connectivity index (χ3v) is 6.75. The van der Waals surface area contributed by atoms with Crippen molar-refractivity contribution in [2.45, 2.75) is 23.6 Å². The molecule has 0 saturated heterocycles. The lowest BCUT2D eigenvalue weighted by atomic mass is 9.77. The number of hydrogen-bond donors (Lipinski definition) is 1. The average molecular weight is 410 g/mol. The Hall–Kier alpha value is -2.51. The Kier molecular flexibility index (Phi) is 5.27. The summed E-state index contributed by atoms with van der Waals surface area (Å²) in [5, 5.41) is 0. The predicted octanol–water partition coefficient (Wildman–Crippen LogP) is 3.56. The zero-order valence-corrected chi connectivity index (χ0v) is 17.2. The second-order valence-corrected chi connectivity index (χ2v) is 8.77. The van der Waals surface area contributed by atoms with Crippen LogP contribution in [0.1, 0.15) is 27.8 Å². The van der Waals surface area contributed by atoms with Crippen LogP contribution in [0.4, 0.5) is 0 Å². The first-order valence-electron chi connectivity index (χ1n) is 9.31. The van der Waals surface area contributed by atoms with Crippen LogP contribution in [-0.2, 0) is 38.2 Å². The molecular weight excluding hydrogens is 386 g/mol. The summed E-state index contributed by atoms with van der Waals surface area (Å²) in [5.74, 6) is 0. The van der Waals surface area contributed by atoms with Gasteiger partial charge < -0.3 is 9.47 Å². The molecule has 1 unspecified atom stereocenters. The highest BCUT2D eigenvalue weighted by Crippen LogP contribution is 2.45. The minimum atomic E-state index is -3.66. The largest absolute Gasteiger partial charge is 0.380 e. The van der Waals surface area contributed by atoms with E-state index in [1.165, 1.54) is 0 Å². The van der Waals surface area contributed by atoms with Gasteiger partial charge in [-0.3, -0.25) is 0 Å². The summed E-state index contributed by atoms with van der Waals surface area (Å²) in [6.45, 7) is 0.948. The normalized spacial score (nSPS) is 19.8. The third-order valence-electron chi connectivity index (χ3n) is 5.24. The van der Waals surface area contributed by atoms with Crippen LogP contribution in [0.15, 0.2) is 77.7 Å². The Morgan fingerprint density at radius 1 is 0.793 bits per heavy atom. The zero-order chi connectivity index (χ0) is 20.5. The van der Waals surface area contributed by atoms with Crippen molar-refractivity contribution in [1.29, 1.82) is 0 Å². The van der Waals surface area contributed by atoms with Crippen LogP contribution >= 0.6 is 0 Å². The van der Waals surface area contributed by atoms with Crippen molar-refractivity contribution in [3.05, 3.63) is 101 Å². The van der Waals surface area contributed by atoms with E-state index in [-0.39, 0.29) is 0 Å². The summed E-state index contributed by atoms with van der Waals surface area (Å²) >= 11 is 0. The summed E-state index contributed by atoms with van der Waals surface area (Å²) in [6.07, 6.45) is 0. The second kappa shape index (κ2) is 7.72. The Labute approximate surface area is 171 Å². The number of methoxy groups -OCH3 is 2. The summed E-state index contributed by atoms with van der Waals surface area (Å²) < 4.78 is 39.5. The van der Waals surface area contributed by atoms with E-state index in [2.05, 4.69) is 4.72 Å². The molecule has 6 heteroatoms. The molecule has 1 aliphatic heterocycles. The number of sulfonamides is 1. The lowest BCUT2D eigenvalue weighted by Crippen LogP contribution is -2.41. The molecule has 0 bridgehead atoms.